The summed E-state index contributed by atoms with van der Waals surface area (Å²) in [5, 5.41) is 6.12. The maximum Gasteiger partial charge on any atom is 0.0352 e. The fourth-order valence-corrected chi connectivity index (χ4v) is 3.27. The van der Waals surface area contributed by atoms with E-state index < -0.39 is 0 Å². The van der Waals surface area contributed by atoms with Gasteiger partial charge in [0.25, 0.3) is 0 Å². The molecule has 0 radical (unpaired) electrons. The van der Waals surface area contributed by atoms with Crippen LogP contribution >= 0.6 is 0 Å². The Morgan fingerprint density at radius 2 is 1.85 bits per heavy atom. The Hall–Kier alpha value is -1.41. The molecule has 1 heterocycles. The normalized spacial score (nSPS) is 13.0. The molecule has 1 unspecified atom stereocenters. The first-order valence-corrected chi connectivity index (χ1v) is 7.81. The molecule has 1 aromatic carbocycles. The summed E-state index contributed by atoms with van der Waals surface area (Å²) in [6.45, 7) is 4.56. The summed E-state index contributed by atoms with van der Waals surface area (Å²) in [5.41, 5.74) is 1.39. The van der Waals surface area contributed by atoms with Crippen LogP contribution in [0.3, 0.4) is 0 Å². The first kappa shape index (κ1) is 15.0. The van der Waals surface area contributed by atoms with Gasteiger partial charge in [-0.05, 0) is 42.8 Å². The van der Waals surface area contributed by atoms with Crippen LogP contribution in [0.5, 0.6) is 0 Å². The topological polar surface area (TPSA) is 24.9 Å². The zero-order valence-electron chi connectivity index (χ0n) is 12.9. The number of aromatic nitrogens is 1. The largest absolute Gasteiger partial charge is 0.313 e. The summed E-state index contributed by atoms with van der Waals surface area (Å²) in [7, 11) is 2.08. The van der Waals surface area contributed by atoms with Crippen molar-refractivity contribution >= 4 is 10.8 Å². The molecule has 1 atom stereocenters. The third-order valence-corrected chi connectivity index (χ3v) is 4.15. The SMILES string of the molecule is CCCC(CCC)C(NC)c1cccc2ccncc12. The molecule has 0 spiro atoms. The molecular weight excluding hydrogens is 244 g/mol. The third kappa shape index (κ3) is 3.18. The minimum atomic E-state index is 0.419. The summed E-state index contributed by atoms with van der Waals surface area (Å²) in [6.07, 6.45) is 8.91. The van der Waals surface area contributed by atoms with Crippen molar-refractivity contribution in [3.05, 3.63) is 42.2 Å². The van der Waals surface area contributed by atoms with Gasteiger partial charge >= 0.3 is 0 Å². The Balaban J connectivity index is 2.42. The first-order chi connectivity index (χ1) is 9.81. The van der Waals surface area contributed by atoms with Crippen molar-refractivity contribution in [1.29, 1.82) is 0 Å². The fourth-order valence-electron chi connectivity index (χ4n) is 3.27. The second kappa shape index (κ2) is 7.39. The van der Waals surface area contributed by atoms with E-state index in [-0.39, 0.29) is 0 Å². The van der Waals surface area contributed by atoms with Crippen LogP contribution in [0.4, 0.5) is 0 Å². The Labute approximate surface area is 122 Å². The molecule has 0 fully saturated rings. The van der Waals surface area contributed by atoms with Gasteiger partial charge in [0.05, 0.1) is 0 Å². The van der Waals surface area contributed by atoms with Crippen LogP contribution in [0.25, 0.3) is 10.8 Å². The van der Waals surface area contributed by atoms with E-state index in [0.717, 1.165) is 0 Å². The summed E-state index contributed by atoms with van der Waals surface area (Å²) >= 11 is 0. The average Bonchev–Trinajstić information content (AvgIpc) is 2.49. The lowest BCUT2D eigenvalue weighted by Crippen LogP contribution is -2.25. The van der Waals surface area contributed by atoms with E-state index in [2.05, 4.69) is 55.5 Å². The van der Waals surface area contributed by atoms with Gasteiger partial charge in [-0.2, -0.15) is 0 Å². The number of pyridine rings is 1. The summed E-state index contributed by atoms with van der Waals surface area (Å²) in [5.74, 6) is 0.695. The standard InChI is InChI=1S/C18H26N2/c1-4-7-15(8-5-2)18(19-3)16-10-6-9-14-11-12-20-13-17(14)16/h6,9-13,15,18-19H,4-5,7-8H2,1-3H3. The van der Waals surface area contributed by atoms with Gasteiger partial charge in [-0.15, -0.1) is 0 Å². The Kier molecular flexibility index (Phi) is 5.54. The lowest BCUT2D eigenvalue weighted by molar-refractivity contribution is 0.332. The second-order valence-electron chi connectivity index (χ2n) is 5.55. The number of benzene rings is 1. The molecule has 0 aliphatic rings. The molecule has 2 nitrogen and oxygen atoms in total. The van der Waals surface area contributed by atoms with Crippen LogP contribution in [-0.2, 0) is 0 Å². The highest BCUT2D eigenvalue weighted by atomic mass is 14.9. The van der Waals surface area contributed by atoms with E-state index in [0.29, 0.717) is 12.0 Å². The van der Waals surface area contributed by atoms with E-state index >= 15 is 0 Å². The summed E-state index contributed by atoms with van der Waals surface area (Å²) in [4.78, 5) is 4.31. The fraction of sp³-hybridized carbons (Fsp3) is 0.500. The maximum absolute atomic E-state index is 4.31. The van der Waals surface area contributed by atoms with Crippen LogP contribution < -0.4 is 5.32 Å². The van der Waals surface area contributed by atoms with Crippen LogP contribution in [-0.4, -0.2) is 12.0 Å². The predicted octanol–water partition coefficient (Wildman–Crippen LogP) is 4.71. The first-order valence-electron chi connectivity index (χ1n) is 7.81. The van der Waals surface area contributed by atoms with Gasteiger partial charge < -0.3 is 5.32 Å². The zero-order valence-corrected chi connectivity index (χ0v) is 12.9. The van der Waals surface area contributed by atoms with Crippen molar-refractivity contribution < 1.29 is 0 Å². The molecule has 0 amide bonds. The van der Waals surface area contributed by atoms with Gasteiger partial charge in [0.1, 0.15) is 0 Å². The molecule has 0 saturated heterocycles. The highest BCUT2D eigenvalue weighted by Crippen LogP contribution is 2.33. The molecule has 0 bridgehead atoms. The summed E-state index contributed by atoms with van der Waals surface area (Å²) < 4.78 is 0. The van der Waals surface area contributed by atoms with Gasteiger partial charge in [-0.25, -0.2) is 0 Å². The zero-order chi connectivity index (χ0) is 14.4. The van der Waals surface area contributed by atoms with E-state index in [9.17, 15) is 0 Å². The van der Waals surface area contributed by atoms with Crippen LogP contribution in [0.1, 0.15) is 51.1 Å². The van der Waals surface area contributed by atoms with Crippen molar-refractivity contribution in [1.82, 2.24) is 10.3 Å². The quantitative estimate of drug-likeness (QED) is 0.788. The Morgan fingerprint density at radius 1 is 1.10 bits per heavy atom. The van der Waals surface area contributed by atoms with Crippen molar-refractivity contribution in [3.8, 4) is 0 Å². The molecule has 2 aromatic rings. The van der Waals surface area contributed by atoms with Gasteiger partial charge in [0.15, 0.2) is 0 Å². The minimum Gasteiger partial charge on any atom is -0.313 e. The summed E-state index contributed by atoms with van der Waals surface area (Å²) in [6, 6.07) is 9.10. The number of hydrogen-bond donors (Lipinski definition) is 1. The molecule has 0 saturated carbocycles. The molecule has 0 aliphatic heterocycles. The number of nitrogens with zero attached hydrogens (tertiary/aromatic N) is 1. The number of nitrogens with one attached hydrogen (secondary N) is 1. The third-order valence-electron chi connectivity index (χ3n) is 4.15. The highest BCUT2D eigenvalue weighted by molar-refractivity contribution is 5.85. The van der Waals surface area contributed by atoms with Crippen molar-refractivity contribution in [3.63, 3.8) is 0 Å². The average molecular weight is 270 g/mol. The van der Waals surface area contributed by atoms with E-state index in [1.54, 1.807) is 0 Å². The van der Waals surface area contributed by atoms with Crippen LogP contribution in [0.2, 0.25) is 0 Å². The molecule has 2 rings (SSSR count). The smallest absolute Gasteiger partial charge is 0.0352 e. The lowest BCUT2D eigenvalue weighted by Gasteiger charge is -2.28. The predicted molar refractivity (Wildman–Crippen MR) is 86.8 cm³/mol. The van der Waals surface area contributed by atoms with E-state index in [1.165, 1.54) is 42.0 Å². The molecule has 108 valence electrons. The highest BCUT2D eigenvalue weighted by Gasteiger charge is 2.21. The van der Waals surface area contributed by atoms with Crippen LogP contribution in [0.15, 0.2) is 36.7 Å². The second-order valence-corrected chi connectivity index (χ2v) is 5.55. The number of fused-ring (bicyclic) bond motifs is 1. The van der Waals surface area contributed by atoms with Crippen molar-refractivity contribution in [2.75, 3.05) is 7.05 Å². The monoisotopic (exact) mass is 270 g/mol. The molecule has 0 aliphatic carbocycles. The van der Waals surface area contributed by atoms with Gasteiger partial charge in [-0.1, -0.05) is 44.9 Å². The number of rotatable bonds is 7. The lowest BCUT2D eigenvalue weighted by atomic mass is 9.84. The molecule has 1 aromatic heterocycles. The number of hydrogen-bond acceptors (Lipinski definition) is 2. The Morgan fingerprint density at radius 3 is 2.50 bits per heavy atom. The Bertz CT molecular complexity index is 524. The molecule has 1 N–H and O–H groups in total. The van der Waals surface area contributed by atoms with E-state index in [1.807, 2.05) is 12.4 Å². The van der Waals surface area contributed by atoms with Crippen molar-refractivity contribution in [2.45, 2.75) is 45.6 Å². The van der Waals surface area contributed by atoms with Gasteiger partial charge in [0.2, 0.25) is 0 Å². The van der Waals surface area contributed by atoms with Crippen LogP contribution in [0, 0.1) is 5.92 Å². The van der Waals surface area contributed by atoms with Crippen molar-refractivity contribution in [2.24, 2.45) is 5.92 Å². The molecule has 20 heavy (non-hydrogen) atoms. The van der Waals surface area contributed by atoms with E-state index in [4.69, 9.17) is 0 Å². The maximum atomic E-state index is 4.31. The van der Waals surface area contributed by atoms with Gasteiger partial charge in [-0.3, -0.25) is 4.98 Å². The molecule has 2 heteroatoms. The molecular formula is C18H26N2. The minimum absolute atomic E-state index is 0.419. The van der Waals surface area contributed by atoms with Gasteiger partial charge in [0, 0.05) is 23.8 Å².